The maximum Gasteiger partial charge on any atom is 0.255 e. The molecule has 0 radical (unpaired) electrons. The minimum absolute atomic E-state index is 0.0635. The Balaban J connectivity index is 2.85. The zero-order valence-corrected chi connectivity index (χ0v) is 10.9. The lowest BCUT2D eigenvalue weighted by atomic mass is 9.94. The van der Waals surface area contributed by atoms with Crippen LogP contribution in [0.15, 0.2) is 0 Å². The van der Waals surface area contributed by atoms with Gasteiger partial charge in [-0.15, -0.1) is 0 Å². The summed E-state index contributed by atoms with van der Waals surface area (Å²) in [6, 6.07) is 0. The van der Waals surface area contributed by atoms with Crippen LogP contribution in [0.1, 0.15) is 48.4 Å². The van der Waals surface area contributed by atoms with Crippen molar-refractivity contribution in [3.8, 4) is 0 Å². The second-order valence-corrected chi connectivity index (χ2v) is 4.65. The van der Waals surface area contributed by atoms with Gasteiger partial charge in [-0.05, 0) is 33.6 Å². The number of carbonyl (C=O) groups is 1. The van der Waals surface area contributed by atoms with Crippen LogP contribution in [0.25, 0.3) is 0 Å². The number of aryl methyl sites for hydroxylation is 2. The Labute approximate surface area is 102 Å². The maximum atomic E-state index is 12.1. The Morgan fingerprint density at radius 3 is 2.59 bits per heavy atom. The third kappa shape index (κ3) is 3.06. The van der Waals surface area contributed by atoms with E-state index >= 15 is 0 Å². The van der Waals surface area contributed by atoms with Gasteiger partial charge >= 0.3 is 0 Å². The molecule has 5 heteroatoms. The van der Waals surface area contributed by atoms with Crippen LogP contribution in [-0.4, -0.2) is 33.4 Å². The fraction of sp³-hybridized carbons (Fsp3) is 0.667. The van der Waals surface area contributed by atoms with Crippen molar-refractivity contribution in [2.24, 2.45) is 0 Å². The Kier molecular flexibility index (Phi) is 4.28. The summed E-state index contributed by atoms with van der Waals surface area (Å²) in [5.41, 5.74) is 1.69. The number of aromatic amines is 1. The van der Waals surface area contributed by atoms with Crippen LogP contribution in [0.5, 0.6) is 0 Å². The summed E-state index contributed by atoms with van der Waals surface area (Å²) < 4.78 is 0. The van der Waals surface area contributed by atoms with Crippen LogP contribution in [0.2, 0.25) is 0 Å². The molecule has 96 valence electrons. The molecule has 0 fully saturated rings. The first-order valence-corrected chi connectivity index (χ1v) is 5.88. The van der Waals surface area contributed by atoms with Crippen LogP contribution < -0.4 is 5.32 Å². The first-order valence-electron chi connectivity index (χ1n) is 5.88. The molecule has 0 bridgehead atoms. The Morgan fingerprint density at radius 1 is 1.53 bits per heavy atom. The quantitative estimate of drug-likeness (QED) is 0.725. The first-order chi connectivity index (χ1) is 7.93. The van der Waals surface area contributed by atoms with Gasteiger partial charge in [0, 0.05) is 17.8 Å². The lowest BCUT2D eigenvalue weighted by Gasteiger charge is -2.29. The van der Waals surface area contributed by atoms with Gasteiger partial charge in [-0.1, -0.05) is 6.92 Å². The minimum atomic E-state index is -0.373. The molecule has 1 rings (SSSR count). The molecular formula is C12H21N3O2. The number of aliphatic hydroxyl groups is 1. The third-order valence-corrected chi connectivity index (χ3v) is 3.21. The number of rotatable bonds is 5. The SMILES string of the molecule is CCC(C)(CCO)NC(=O)c1c(C)n[nH]c1C. The second-order valence-electron chi connectivity index (χ2n) is 4.65. The minimum Gasteiger partial charge on any atom is -0.396 e. The average molecular weight is 239 g/mol. The highest BCUT2D eigenvalue weighted by Crippen LogP contribution is 2.17. The zero-order chi connectivity index (χ0) is 13.1. The topological polar surface area (TPSA) is 78.0 Å². The van der Waals surface area contributed by atoms with E-state index in [4.69, 9.17) is 5.11 Å². The van der Waals surface area contributed by atoms with E-state index in [0.29, 0.717) is 17.7 Å². The molecule has 17 heavy (non-hydrogen) atoms. The predicted octanol–water partition coefficient (Wildman–Crippen LogP) is 1.31. The number of H-pyrrole nitrogens is 1. The van der Waals surface area contributed by atoms with Gasteiger partial charge in [0.1, 0.15) is 0 Å². The average Bonchev–Trinajstić information content (AvgIpc) is 2.58. The van der Waals surface area contributed by atoms with Crippen LogP contribution in [0.3, 0.4) is 0 Å². The number of nitrogens with zero attached hydrogens (tertiary/aromatic N) is 1. The first kappa shape index (κ1) is 13.7. The molecule has 0 aliphatic heterocycles. The third-order valence-electron chi connectivity index (χ3n) is 3.21. The van der Waals surface area contributed by atoms with Gasteiger partial charge in [0.15, 0.2) is 0 Å². The van der Waals surface area contributed by atoms with Crippen molar-refractivity contribution in [1.29, 1.82) is 0 Å². The molecular weight excluding hydrogens is 218 g/mol. The van der Waals surface area contributed by atoms with E-state index in [1.165, 1.54) is 0 Å². The van der Waals surface area contributed by atoms with Crippen molar-refractivity contribution in [3.63, 3.8) is 0 Å². The van der Waals surface area contributed by atoms with Crippen LogP contribution in [0.4, 0.5) is 0 Å². The van der Waals surface area contributed by atoms with E-state index in [2.05, 4.69) is 15.5 Å². The molecule has 1 heterocycles. The molecule has 1 aromatic rings. The highest BCUT2D eigenvalue weighted by molar-refractivity contribution is 5.96. The molecule has 0 saturated carbocycles. The number of aromatic nitrogens is 2. The second kappa shape index (κ2) is 5.31. The van der Waals surface area contributed by atoms with Crippen LogP contribution >= 0.6 is 0 Å². The van der Waals surface area contributed by atoms with Gasteiger partial charge in [-0.25, -0.2) is 0 Å². The summed E-state index contributed by atoms with van der Waals surface area (Å²) >= 11 is 0. The van der Waals surface area contributed by atoms with Gasteiger partial charge < -0.3 is 10.4 Å². The molecule has 0 spiro atoms. The number of hydrogen-bond donors (Lipinski definition) is 3. The number of hydrogen-bond acceptors (Lipinski definition) is 3. The molecule has 3 N–H and O–H groups in total. The van der Waals surface area contributed by atoms with Crippen molar-refractivity contribution in [1.82, 2.24) is 15.5 Å². The van der Waals surface area contributed by atoms with E-state index in [-0.39, 0.29) is 18.1 Å². The Bertz CT molecular complexity index is 381. The van der Waals surface area contributed by atoms with Gasteiger partial charge in [0.25, 0.3) is 5.91 Å². The highest BCUT2D eigenvalue weighted by Gasteiger charge is 2.26. The maximum absolute atomic E-state index is 12.1. The lowest BCUT2D eigenvalue weighted by Crippen LogP contribution is -2.46. The van der Waals surface area contributed by atoms with Gasteiger partial charge in [0.05, 0.1) is 11.3 Å². The molecule has 0 saturated heterocycles. The normalized spacial score (nSPS) is 14.4. The molecule has 1 aromatic heterocycles. The molecule has 0 aliphatic carbocycles. The van der Waals surface area contributed by atoms with Crippen molar-refractivity contribution in [2.75, 3.05) is 6.61 Å². The van der Waals surface area contributed by atoms with Gasteiger partial charge in [-0.3, -0.25) is 9.89 Å². The summed E-state index contributed by atoms with van der Waals surface area (Å²) in [4.78, 5) is 12.1. The fourth-order valence-electron chi connectivity index (χ4n) is 1.80. The van der Waals surface area contributed by atoms with Crippen molar-refractivity contribution in [3.05, 3.63) is 17.0 Å². The number of nitrogens with one attached hydrogen (secondary N) is 2. The lowest BCUT2D eigenvalue weighted by molar-refractivity contribution is 0.0885. The van der Waals surface area contributed by atoms with E-state index in [0.717, 1.165) is 12.1 Å². The molecule has 0 aromatic carbocycles. The fourth-order valence-corrected chi connectivity index (χ4v) is 1.80. The summed E-state index contributed by atoms with van der Waals surface area (Å²) in [6.45, 7) is 7.61. The molecule has 0 aliphatic rings. The van der Waals surface area contributed by atoms with E-state index in [9.17, 15) is 4.79 Å². The standard InChI is InChI=1S/C12H21N3O2/c1-5-12(4,6-7-16)13-11(17)10-8(2)14-15-9(10)3/h16H,5-7H2,1-4H3,(H,13,17)(H,14,15). The van der Waals surface area contributed by atoms with Gasteiger partial charge in [0.2, 0.25) is 0 Å². The summed E-state index contributed by atoms with van der Waals surface area (Å²) in [6.07, 6.45) is 1.32. The van der Waals surface area contributed by atoms with Crippen molar-refractivity contribution in [2.45, 2.75) is 46.1 Å². The largest absolute Gasteiger partial charge is 0.396 e. The molecule has 1 unspecified atom stereocenters. The molecule has 1 amide bonds. The van der Waals surface area contributed by atoms with Crippen molar-refractivity contribution < 1.29 is 9.90 Å². The number of carbonyl (C=O) groups excluding carboxylic acids is 1. The van der Waals surface area contributed by atoms with E-state index < -0.39 is 0 Å². The summed E-state index contributed by atoms with van der Waals surface area (Å²) in [7, 11) is 0. The van der Waals surface area contributed by atoms with Crippen molar-refractivity contribution >= 4 is 5.91 Å². The predicted molar refractivity (Wildman–Crippen MR) is 65.9 cm³/mol. The zero-order valence-electron chi connectivity index (χ0n) is 10.9. The van der Waals surface area contributed by atoms with E-state index in [1.807, 2.05) is 20.8 Å². The van der Waals surface area contributed by atoms with E-state index in [1.54, 1.807) is 6.92 Å². The van der Waals surface area contributed by atoms with Crippen LogP contribution in [-0.2, 0) is 0 Å². The summed E-state index contributed by atoms with van der Waals surface area (Å²) in [5, 5.41) is 18.8. The highest BCUT2D eigenvalue weighted by atomic mass is 16.3. The Morgan fingerprint density at radius 2 is 2.18 bits per heavy atom. The Hall–Kier alpha value is -1.36. The monoisotopic (exact) mass is 239 g/mol. The van der Waals surface area contributed by atoms with Gasteiger partial charge in [-0.2, -0.15) is 5.10 Å². The number of aliphatic hydroxyl groups excluding tert-OH is 1. The number of amides is 1. The smallest absolute Gasteiger partial charge is 0.255 e. The van der Waals surface area contributed by atoms with Crippen LogP contribution in [0, 0.1) is 13.8 Å². The molecule has 1 atom stereocenters. The molecule has 5 nitrogen and oxygen atoms in total. The summed E-state index contributed by atoms with van der Waals surface area (Å²) in [5.74, 6) is -0.133.